The summed E-state index contributed by atoms with van der Waals surface area (Å²) in [7, 11) is 6.58. The Morgan fingerprint density at radius 2 is 1.77 bits per heavy atom. The average molecular weight is 424 g/mol. The zero-order valence-corrected chi connectivity index (χ0v) is 19.0. The number of rotatable bonds is 11. The van der Waals surface area contributed by atoms with E-state index in [2.05, 4.69) is 17.1 Å². The number of nitrogens with one attached hydrogen (secondary N) is 1. The van der Waals surface area contributed by atoms with Crippen molar-refractivity contribution in [2.75, 3.05) is 61.3 Å². The van der Waals surface area contributed by atoms with Gasteiger partial charge in [0.05, 0.1) is 34.0 Å². The van der Waals surface area contributed by atoms with Gasteiger partial charge in [0.2, 0.25) is 5.75 Å². The van der Waals surface area contributed by atoms with E-state index in [-0.39, 0.29) is 0 Å². The summed E-state index contributed by atoms with van der Waals surface area (Å²) in [5.41, 5.74) is 0.946. The molecule has 1 saturated heterocycles. The van der Waals surface area contributed by atoms with Crippen molar-refractivity contribution >= 4 is 5.96 Å². The maximum Gasteiger partial charge on any atom is 0.203 e. The van der Waals surface area contributed by atoms with E-state index in [1.54, 1.807) is 28.4 Å². The quantitative estimate of drug-likeness (QED) is 0.333. The van der Waals surface area contributed by atoms with Crippen molar-refractivity contribution in [1.82, 2.24) is 10.2 Å². The van der Waals surface area contributed by atoms with Gasteiger partial charge < -0.3 is 33.9 Å². The molecule has 1 fully saturated rings. The van der Waals surface area contributed by atoms with Crippen molar-refractivity contribution in [2.24, 2.45) is 4.99 Å². The molecule has 1 aliphatic heterocycles. The molecule has 0 amide bonds. The molecule has 0 aliphatic carbocycles. The maximum atomic E-state index is 5.97. The zero-order valence-electron chi connectivity index (χ0n) is 19.0. The molecule has 1 N–H and O–H groups in total. The van der Waals surface area contributed by atoms with Crippen LogP contribution in [0.25, 0.3) is 0 Å². The summed E-state index contributed by atoms with van der Waals surface area (Å²) < 4.78 is 27.5. The Hall–Kier alpha value is -2.19. The zero-order chi connectivity index (χ0) is 21.8. The highest BCUT2D eigenvalue weighted by molar-refractivity contribution is 5.80. The van der Waals surface area contributed by atoms with Crippen LogP contribution in [0.2, 0.25) is 0 Å². The predicted molar refractivity (Wildman–Crippen MR) is 118 cm³/mol. The van der Waals surface area contributed by atoms with Crippen LogP contribution in [-0.4, -0.2) is 78.3 Å². The summed E-state index contributed by atoms with van der Waals surface area (Å²) in [6, 6.07) is 3.85. The lowest BCUT2D eigenvalue weighted by Gasteiger charge is -2.34. The molecule has 0 aromatic heterocycles. The van der Waals surface area contributed by atoms with Crippen molar-refractivity contribution in [1.29, 1.82) is 0 Å². The number of piperidine rings is 1. The van der Waals surface area contributed by atoms with Crippen LogP contribution in [-0.2, 0) is 16.0 Å². The molecule has 30 heavy (non-hydrogen) atoms. The van der Waals surface area contributed by atoms with Crippen LogP contribution in [0.1, 0.15) is 31.7 Å². The van der Waals surface area contributed by atoms with Crippen LogP contribution in [0.15, 0.2) is 17.1 Å². The van der Waals surface area contributed by atoms with Crippen LogP contribution in [0.3, 0.4) is 0 Å². The van der Waals surface area contributed by atoms with E-state index in [9.17, 15) is 0 Å². The van der Waals surface area contributed by atoms with Crippen LogP contribution >= 0.6 is 0 Å². The number of hydrogen-bond donors (Lipinski definition) is 1. The Bertz CT molecular complexity index is 660. The Morgan fingerprint density at radius 3 is 2.37 bits per heavy atom. The molecule has 0 atom stereocenters. The van der Waals surface area contributed by atoms with E-state index >= 15 is 0 Å². The molecular formula is C22H37N3O5. The molecule has 1 aromatic carbocycles. The molecular weight excluding hydrogens is 386 g/mol. The van der Waals surface area contributed by atoms with Crippen molar-refractivity contribution in [2.45, 2.75) is 38.8 Å². The standard InChI is InChI=1S/C22H37N3O5/c1-6-23-22(25-12-10-18(11-13-25)30-15-7-14-26-2)24-16-17-8-9-19(27-3)21(29-5)20(17)28-4/h8-9,18H,6-7,10-16H2,1-5H3,(H,23,24). The number of ether oxygens (including phenoxy) is 5. The number of methoxy groups -OCH3 is 4. The summed E-state index contributed by atoms with van der Waals surface area (Å²) in [6.07, 6.45) is 3.24. The van der Waals surface area contributed by atoms with Gasteiger partial charge in [0, 0.05) is 45.5 Å². The van der Waals surface area contributed by atoms with E-state index in [1.165, 1.54) is 0 Å². The number of aliphatic imine (C=N–C) groups is 1. The second-order valence-electron chi connectivity index (χ2n) is 7.07. The first-order valence-corrected chi connectivity index (χ1v) is 10.6. The smallest absolute Gasteiger partial charge is 0.203 e. The van der Waals surface area contributed by atoms with Gasteiger partial charge in [-0.1, -0.05) is 0 Å². The molecule has 1 aromatic rings. The van der Waals surface area contributed by atoms with Gasteiger partial charge in [-0.05, 0) is 38.3 Å². The fraction of sp³-hybridized carbons (Fsp3) is 0.682. The van der Waals surface area contributed by atoms with E-state index in [0.29, 0.717) is 29.9 Å². The van der Waals surface area contributed by atoms with Gasteiger partial charge in [0.25, 0.3) is 0 Å². The molecule has 2 rings (SSSR count). The molecule has 0 spiro atoms. The Labute approximate surface area is 180 Å². The van der Waals surface area contributed by atoms with Crippen molar-refractivity contribution in [3.8, 4) is 17.2 Å². The molecule has 1 heterocycles. The van der Waals surface area contributed by atoms with Crippen LogP contribution in [0.4, 0.5) is 0 Å². The summed E-state index contributed by atoms with van der Waals surface area (Å²) in [5, 5.41) is 3.41. The lowest BCUT2D eigenvalue weighted by atomic mass is 10.1. The highest BCUT2D eigenvalue weighted by Crippen LogP contribution is 2.40. The first-order valence-electron chi connectivity index (χ1n) is 10.6. The fourth-order valence-electron chi connectivity index (χ4n) is 3.56. The van der Waals surface area contributed by atoms with Crippen molar-refractivity contribution in [3.63, 3.8) is 0 Å². The molecule has 170 valence electrons. The van der Waals surface area contributed by atoms with Gasteiger partial charge in [0.15, 0.2) is 17.5 Å². The SMILES string of the molecule is CCNC(=NCc1ccc(OC)c(OC)c1OC)N1CCC(OCCCOC)CC1. The minimum absolute atomic E-state index is 0.312. The summed E-state index contributed by atoms with van der Waals surface area (Å²) in [5.74, 6) is 2.79. The maximum absolute atomic E-state index is 5.97. The van der Waals surface area contributed by atoms with Crippen molar-refractivity contribution < 1.29 is 23.7 Å². The lowest BCUT2D eigenvalue weighted by molar-refractivity contribution is 0.00990. The topological polar surface area (TPSA) is 73.8 Å². The summed E-state index contributed by atoms with van der Waals surface area (Å²) in [6.45, 7) is 6.72. The first-order chi connectivity index (χ1) is 14.7. The molecule has 0 unspecified atom stereocenters. The Morgan fingerprint density at radius 1 is 1.03 bits per heavy atom. The van der Waals surface area contributed by atoms with Gasteiger partial charge in [-0.2, -0.15) is 0 Å². The third-order valence-corrected chi connectivity index (χ3v) is 5.11. The summed E-state index contributed by atoms with van der Waals surface area (Å²) >= 11 is 0. The molecule has 0 saturated carbocycles. The third-order valence-electron chi connectivity index (χ3n) is 5.11. The van der Waals surface area contributed by atoms with Crippen LogP contribution in [0.5, 0.6) is 17.2 Å². The van der Waals surface area contributed by atoms with Gasteiger partial charge >= 0.3 is 0 Å². The monoisotopic (exact) mass is 423 g/mol. The predicted octanol–water partition coefficient (Wildman–Crippen LogP) is 2.70. The summed E-state index contributed by atoms with van der Waals surface area (Å²) in [4.78, 5) is 7.15. The van der Waals surface area contributed by atoms with E-state index in [1.807, 2.05) is 12.1 Å². The third kappa shape index (κ3) is 6.67. The highest BCUT2D eigenvalue weighted by atomic mass is 16.5. The highest BCUT2D eigenvalue weighted by Gasteiger charge is 2.22. The van der Waals surface area contributed by atoms with E-state index in [0.717, 1.165) is 63.6 Å². The molecule has 1 aliphatic rings. The number of hydrogen-bond acceptors (Lipinski definition) is 6. The number of guanidine groups is 1. The molecule has 8 nitrogen and oxygen atoms in total. The van der Waals surface area contributed by atoms with Gasteiger partial charge in [-0.25, -0.2) is 4.99 Å². The molecule has 0 bridgehead atoms. The van der Waals surface area contributed by atoms with Gasteiger partial charge in [0.1, 0.15) is 0 Å². The normalized spacial score (nSPS) is 15.2. The number of nitrogens with zero attached hydrogens (tertiary/aromatic N) is 2. The minimum atomic E-state index is 0.312. The van der Waals surface area contributed by atoms with Crippen LogP contribution in [0, 0.1) is 0 Å². The lowest BCUT2D eigenvalue weighted by Crippen LogP contribution is -2.47. The number of likely N-dealkylation sites (tertiary alicyclic amines) is 1. The van der Waals surface area contributed by atoms with E-state index in [4.69, 9.17) is 28.7 Å². The van der Waals surface area contributed by atoms with Gasteiger partial charge in [-0.15, -0.1) is 0 Å². The molecule has 0 radical (unpaired) electrons. The second kappa shape index (κ2) is 13.2. The number of benzene rings is 1. The Kier molecular flexibility index (Phi) is 10.6. The fourth-order valence-corrected chi connectivity index (χ4v) is 3.56. The van der Waals surface area contributed by atoms with Crippen molar-refractivity contribution in [3.05, 3.63) is 17.7 Å². The van der Waals surface area contributed by atoms with E-state index < -0.39 is 0 Å². The van der Waals surface area contributed by atoms with Crippen LogP contribution < -0.4 is 19.5 Å². The first kappa shape index (κ1) is 24.1. The Balaban J connectivity index is 2.02. The second-order valence-corrected chi connectivity index (χ2v) is 7.07. The molecule has 8 heteroatoms. The van der Waals surface area contributed by atoms with Gasteiger partial charge in [-0.3, -0.25) is 0 Å². The minimum Gasteiger partial charge on any atom is -0.493 e. The average Bonchev–Trinajstić information content (AvgIpc) is 2.79. The largest absolute Gasteiger partial charge is 0.493 e.